The van der Waals surface area contributed by atoms with Crippen LogP contribution in [-0.4, -0.2) is 34.8 Å². The van der Waals surface area contributed by atoms with Gasteiger partial charge in [0.15, 0.2) is 0 Å². The quantitative estimate of drug-likeness (QED) is 0.734. The van der Waals surface area contributed by atoms with Crippen LogP contribution in [0.25, 0.3) is 0 Å². The molecule has 0 aromatic heterocycles. The van der Waals surface area contributed by atoms with Crippen LogP contribution in [0.3, 0.4) is 0 Å². The van der Waals surface area contributed by atoms with Crippen LogP contribution >= 0.6 is 11.8 Å². The summed E-state index contributed by atoms with van der Waals surface area (Å²) in [6, 6.07) is 1.01. The molecular formula is C11H21NOS. The van der Waals surface area contributed by atoms with E-state index in [1.165, 1.54) is 24.3 Å². The lowest BCUT2D eigenvalue weighted by Crippen LogP contribution is -2.49. The number of nitrogens with one attached hydrogen (secondary N) is 1. The fraction of sp³-hybridized carbons (Fsp3) is 1.00. The zero-order chi connectivity index (χ0) is 9.97. The summed E-state index contributed by atoms with van der Waals surface area (Å²) in [6.45, 7) is 2.31. The number of hydrogen-bond acceptors (Lipinski definition) is 3. The van der Waals surface area contributed by atoms with Crippen LogP contribution in [0.2, 0.25) is 0 Å². The zero-order valence-corrected chi connectivity index (χ0v) is 9.72. The molecule has 14 heavy (non-hydrogen) atoms. The molecule has 3 heteroatoms. The van der Waals surface area contributed by atoms with Crippen molar-refractivity contribution in [3.63, 3.8) is 0 Å². The lowest BCUT2D eigenvalue weighted by molar-refractivity contribution is 0.0838. The second kappa shape index (κ2) is 4.86. The summed E-state index contributed by atoms with van der Waals surface area (Å²) >= 11 is 2.04. The van der Waals surface area contributed by atoms with E-state index < -0.39 is 0 Å². The molecule has 1 heterocycles. The van der Waals surface area contributed by atoms with Crippen LogP contribution in [0.4, 0.5) is 0 Å². The summed E-state index contributed by atoms with van der Waals surface area (Å²) < 4.78 is 0. The fourth-order valence-corrected chi connectivity index (χ4v) is 3.87. The van der Waals surface area contributed by atoms with Gasteiger partial charge >= 0.3 is 0 Å². The molecule has 1 saturated heterocycles. The van der Waals surface area contributed by atoms with Crippen LogP contribution in [0.5, 0.6) is 0 Å². The molecule has 2 nitrogen and oxygen atoms in total. The summed E-state index contributed by atoms with van der Waals surface area (Å²) in [4.78, 5) is 0. The van der Waals surface area contributed by atoms with Gasteiger partial charge in [-0.25, -0.2) is 0 Å². The number of aliphatic hydroxyl groups excluding tert-OH is 1. The first-order valence-corrected chi connectivity index (χ1v) is 6.94. The smallest absolute Gasteiger partial charge is 0.0693 e. The minimum atomic E-state index is -0.0958. The van der Waals surface area contributed by atoms with E-state index in [1.54, 1.807) is 0 Å². The summed E-state index contributed by atoms with van der Waals surface area (Å²) in [6.07, 6.45) is 4.54. The molecule has 1 aliphatic heterocycles. The van der Waals surface area contributed by atoms with Crippen molar-refractivity contribution >= 4 is 11.8 Å². The van der Waals surface area contributed by atoms with Gasteiger partial charge < -0.3 is 10.4 Å². The molecule has 0 spiro atoms. The minimum Gasteiger partial charge on any atom is -0.392 e. The third-order valence-corrected chi connectivity index (χ3v) is 4.88. The molecule has 0 radical (unpaired) electrons. The van der Waals surface area contributed by atoms with E-state index in [-0.39, 0.29) is 6.10 Å². The van der Waals surface area contributed by atoms with Crippen molar-refractivity contribution in [2.75, 3.05) is 11.5 Å². The summed E-state index contributed by atoms with van der Waals surface area (Å²) in [5.74, 6) is 3.28. The molecule has 1 aliphatic carbocycles. The Kier molecular flexibility index (Phi) is 3.74. The lowest BCUT2D eigenvalue weighted by atomic mass is 9.91. The molecule has 2 unspecified atom stereocenters. The molecule has 2 rings (SSSR count). The second-order valence-electron chi connectivity index (χ2n) is 4.75. The van der Waals surface area contributed by atoms with Crippen LogP contribution in [-0.2, 0) is 0 Å². The van der Waals surface area contributed by atoms with Crippen molar-refractivity contribution in [1.82, 2.24) is 5.32 Å². The van der Waals surface area contributed by atoms with E-state index in [4.69, 9.17) is 0 Å². The molecule has 82 valence electrons. The Morgan fingerprint density at radius 1 is 1.14 bits per heavy atom. The minimum absolute atomic E-state index is 0.0958. The first kappa shape index (κ1) is 10.8. The van der Waals surface area contributed by atoms with Gasteiger partial charge in [0.1, 0.15) is 0 Å². The highest BCUT2D eigenvalue weighted by molar-refractivity contribution is 7.99. The highest BCUT2D eigenvalue weighted by Crippen LogP contribution is 2.26. The molecule has 2 fully saturated rings. The number of hydrogen-bond donors (Lipinski definition) is 2. The maximum Gasteiger partial charge on any atom is 0.0693 e. The average Bonchev–Trinajstić information content (AvgIpc) is 2.56. The average molecular weight is 215 g/mol. The van der Waals surface area contributed by atoms with Crippen LogP contribution < -0.4 is 5.32 Å². The predicted octanol–water partition coefficient (Wildman–Crippen LogP) is 1.63. The molecule has 2 N–H and O–H groups in total. The largest absolute Gasteiger partial charge is 0.392 e. The van der Waals surface area contributed by atoms with Gasteiger partial charge in [0.25, 0.3) is 0 Å². The fourth-order valence-electron chi connectivity index (χ4n) is 2.45. The van der Waals surface area contributed by atoms with E-state index in [0.29, 0.717) is 12.1 Å². The zero-order valence-electron chi connectivity index (χ0n) is 8.91. The Morgan fingerprint density at radius 3 is 2.57 bits per heavy atom. The van der Waals surface area contributed by atoms with E-state index in [2.05, 4.69) is 12.2 Å². The van der Waals surface area contributed by atoms with Crippen molar-refractivity contribution in [1.29, 1.82) is 0 Å². The number of rotatable bonds is 2. The van der Waals surface area contributed by atoms with E-state index in [1.807, 2.05) is 11.8 Å². The molecule has 4 atom stereocenters. The Labute approximate surface area is 90.8 Å². The topological polar surface area (TPSA) is 32.3 Å². The van der Waals surface area contributed by atoms with E-state index in [9.17, 15) is 5.11 Å². The van der Waals surface area contributed by atoms with Crippen molar-refractivity contribution in [3.8, 4) is 0 Å². The molecule has 1 saturated carbocycles. The SMILES string of the molecule is CC1CSCC1N[C@H]1CCCC[C@@H]1O. The Morgan fingerprint density at radius 2 is 1.93 bits per heavy atom. The van der Waals surface area contributed by atoms with Crippen molar-refractivity contribution in [2.24, 2.45) is 5.92 Å². The Balaban J connectivity index is 1.83. The molecule has 2 aliphatic rings. The third kappa shape index (κ3) is 2.44. The van der Waals surface area contributed by atoms with Crippen molar-refractivity contribution in [2.45, 2.75) is 50.8 Å². The highest BCUT2D eigenvalue weighted by atomic mass is 32.2. The lowest BCUT2D eigenvalue weighted by Gasteiger charge is -2.32. The van der Waals surface area contributed by atoms with E-state index in [0.717, 1.165) is 18.8 Å². The second-order valence-corrected chi connectivity index (χ2v) is 5.82. The van der Waals surface area contributed by atoms with Crippen molar-refractivity contribution in [3.05, 3.63) is 0 Å². The summed E-state index contributed by atoms with van der Waals surface area (Å²) in [5.41, 5.74) is 0. The predicted molar refractivity (Wildman–Crippen MR) is 61.7 cm³/mol. The first-order valence-electron chi connectivity index (χ1n) is 5.79. The van der Waals surface area contributed by atoms with Crippen molar-refractivity contribution < 1.29 is 5.11 Å². The standard InChI is InChI=1S/C11H21NOS/c1-8-6-14-7-10(8)12-9-4-2-3-5-11(9)13/h8-13H,2-7H2,1H3/t8?,9-,10?,11-/m0/s1. The van der Waals surface area contributed by atoms with Gasteiger partial charge in [-0.2, -0.15) is 11.8 Å². The molecule has 0 aromatic rings. The van der Waals surface area contributed by atoms with Gasteiger partial charge in [-0.3, -0.25) is 0 Å². The first-order chi connectivity index (χ1) is 6.77. The van der Waals surface area contributed by atoms with Gasteiger partial charge in [0.2, 0.25) is 0 Å². The Bertz CT molecular complexity index is 188. The van der Waals surface area contributed by atoms with Crippen LogP contribution in [0, 0.1) is 5.92 Å². The number of thioether (sulfide) groups is 1. The van der Waals surface area contributed by atoms with E-state index >= 15 is 0 Å². The Hall–Kier alpha value is 0.270. The third-order valence-electron chi connectivity index (χ3n) is 3.52. The summed E-state index contributed by atoms with van der Waals surface area (Å²) in [7, 11) is 0. The van der Waals surface area contributed by atoms with Gasteiger partial charge in [-0.15, -0.1) is 0 Å². The van der Waals surface area contributed by atoms with Crippen LogP contribution in [0.15, 0.2) is 0 Å². The number of aliphatic hydroxyl groups is 1. The van der Waals surface area contributed by atoms with Gasteiger partial charge in [0.05, 0.1) is 6.10 Å². The molecule has 0 bridgehead atoms. The molecular weight excluding hydrogens is 194 g/mol. The highest BCUT2D eigenvalue weighted by Gasteiger charge is 2.30. The summed E-state index contributed by atoms with van der Waals surface area (Å²) in [5, 5.41) is 13.5. The normalized spacial score (nSPS) is 44.1. The molecule has 0 amide bonds. The monoisotopic (exact) mass is 215 g/mol. The maximum atomic E-state index is 9.85. The maximum absolute atomic E-state index is 9.85. The molecule has 0 aromatic carbocycles. The van der Waals surface area contributed by atoms with Gasteiger partial charge in [-0.05, 0) is 24.5 Å². The van der Waals surface area contributed by atoms with Gasteiger partial charge in [0, 0.05) is 17.8 Å². The van der Waals surface area contributed by atoms with Gasteiger partial charge in [-0.1, -0.05) is 19.8 Å². The van der Waals surface area contributed by atoms with Crippen LogP contribution in [0.1, 0.15) is 32.6 Å².